The molecule has 4 heteroatoms. The fourth-order valence-corrected chi connectivity index (χ4v) is 1.83. The van der Waals surface area contributed by atoms with E-state index in [1.165, 1.54) is 5.56 Å². The first-order valence-electron chi connectivity index (χ1n) is 6.57. The molecule has 1 aliphatic rings. The molecule has 0 atom stereocenters. The minimum Gasteiger partial charge on any atom is -0.493 e. The first-order chi connectivity index (χ1) is 8.86. The number of para-hydroxylation sites is 1. The lowest BCUT2D eigenvalue weighted by molar-refractivity contribution is 0.309. The van der Waals surface area contributed by atoms with Crippen molar-refractivity contribution in [1.82, 2.24) is 10.6 Å². The van der Waals surface area contributed by atoms with Gasteiger partial charge in [0.05, 0.1) is 6.61 Å². The maximum atomic E-state index is 5.73. The first kappa shape index (κ1) is 12.7. The smallest absolute Gasteiger partial charge is 0.191 e. The van der Waals surface area contributed by atoms with Gasteiger partial charge in [-0.15, -0.1) is 0 Å². The highest BCUT2D eigenvalue weighted by molar-refractivity contribution is 5.80. The molecule has 2 rings (SSSR count). The summed E-state index contributed by atoms with van der Waals surface area (Å²) < 4.78 is 5.73. The lowest BCUT2D eigenvalue weighted by Crippen LogP contribution is -2.41. The van der Waals surface area contributed by atoms with Crippen LogP contribution in [0.3, 0.4) is 0 Å². The molecule has 0 aromatic heterocycles. The van der Waals surface area contributed by atoms with E-state index in [1.54, 1.807) is 0 Å². The van der Waals surface area contributed by atoms with E-state index in [1.807, 2.05) is 18.2 Å². The van der Waals surface area contributed by atoms with E-state index >= 15 is 0 Å². The second kappa shape index (κ2) is 6.89. The van der Waals surface area contributed by atoms with E-state index in [0.29, 0.717) is 0 Å². The van der Waals surface area contributed by atoms with E-state index in [0.717, 1.165) is 50.8 Å². The zero-order valence-electron chi connectivity index (χ0n) is 10.9. The third kappa shape index (κ3) is 3.95. The number of hydrogen-bond donors (Lipinski definition) is 2. The van der Waals surface area contributed by atoms with Crippen LogP contribution in [0.2, 0.25) is 0 Å². The van der Waals surface area contributed by atoms with Crippen LogP contribution in [0.4, 0.5) is 0 Å². The molecule has 1 aromatic carbocycles. The normalized spacial score (nSPS) is 14.6. The van der Waals surface area contributed by atoms with E-state index in [2.05, 4.69) is 28.6 Å². The second-order valence-electron chi connectivity index (χ2n) is 4.40. The molecular weight excluding hydrogens is 226 g/mol. The molecule has 1 heterocycles. The first-order valence-corrected chi connectivity index (χ1v) is 6.57. The second-order valence-corrected chi connectivity index (χ2v) is 4.40. The number of nitrogens with one attached hydrogen (secondary N) is 2. The Morgan fingerprint density at radius 1 is 1.39 bits per heavy atom. The molecule has 4 nitrogen and oxygen atoms in total. The van der Waals surface area contributed by atoms with Crippen LogP contribution in [0.15, 0.2) is 29.3 Å². The number of hydrogen-bond acceptors (Lipinski definition) is 4. The van der Waals surface area contributed by atoms with Crippen molar-refractivity contribution in [2.24, 2.45) is 4.99 Å². The Labute approximate surface area is 108 Å². The zero-order valence-corrected chi connectivity index (χ0v) is 10.9. The van der Waals surface area contributed by atoms with E-state index < -0.39 is 0 Å². The highest BCUT2D eigenvalue weighted by Crippen LogP contribution is 2.15. The van der Waals surface area contributed by atoms with Gasteiger partial charge >= 0.3 is 0 Å². The summed E-state index contributed by atoms with van der Waals surface area (Å²) in [5.74, 6) is 1.91. The molecule has 0 spiro atoms. The molecule has 18 heavy (non-hydrogen) atoms. The summed E-state index contributed by atoms with van der Waals surface area (Å²) in [5.41, 5.74) is 1.18. The van der Waals surface area contributed by atoms with Crippen LogP contribution >= 0.6 is 0 Å². The van der Waals surface area contributed by atoms with Gasteiger partial charge in [0.15, 0.2) is 5.96 Å². The van der Waals surface area contributed by atoms with E-state index in [9.17, 15) is 0 Å². The lowest BCUT2D eigenvalue weighted by Gasteiger charge is -2.16. The molecule has 2 N–H and O–H groups in total. The summed E-state index contributed by atoms with van der Waals surface area (Å²) in [6.45, 7) is 5.62. The van der Waals surface area contributed by atoms with Crippen molar-refractivity contribution in [2.75, 3.05) is 26.2 Å². The van der Waals surface area contributed by atoms with E-state index in [4.69, 9.17) is 4.74 Å². The molecule has 0 aliphatic carbocycles. The van der Waals surface area contributed by atoms with Crippen LogP contribution in [-0.4, -0.2) is 32.2 Å². The predicted molar refractivity (Wildman–Crippen MR) is 74.2 cm³/mol. The molecule has 98 valence electrons. The van der Waals surface area contributed by atoms with Gasteiger partial charge in [0.1, 0.15) is 5.75 Å². The van der Waals surface area contributed by atoms with Crippen LogP contribution in [0.25, 0.3) is 0 Å². The van der Waals surface area contributed by atoms with Crippen molar-refractivity contribution in [3.8, 4) is 5.75 Å². The van der Waals surface area contributed by atoms with Crippen LogP contribution in [0.5, 0.6) is 5.75 Å². The fraction of sp³-hybridized carbons (Fsp3) is 0.500. The van der Waals surface area contributed by atoms with Gasteiger partial charge in [0.2, 0.25) is 0 Å². The number of aliphatic imine (C=N–C) groups is 1. The molecule has 0 amide bonds. The van der Waals surface area contributed by atoms with Gasteiger partial charge < -0.3 is 15.4 Å². The number of ether oxygens (including phenoxy) is 1. The van der Waals surface area contributed by atoms with Gasteiger partial charge in [-0.25, -0.2) is 0 Å². The molecule has 0 bridgehead atoms. The van der Waals surface area contributed by atoms with Gasteiger partial charge in [-0.2, -0.15) is 0 Å². The molecule has 0 unspecified atom stereocenters. The molecular formula is C14H21N3O. The Morgan fingerprint density at radius 3 is 3.06 bits per heavy atom. The van der Waals surface area contributed by atoms with Gasteiger partial charge in [0, 0.05) is 19.6 Å². The molecule has 0 radical (unpaired) electrons. The van der Waals surface area contributed by atoms with Crippen LogP contribution < -0.4 is 15.4 Å². The van der Waals surface area contributed by atoms with E-state index in [-0.39, 0.29) is 0 Å². The van der Waals surface area contributed by atoms with Gasteiger partial charge in [0.25, 0.3) is 0 Å². The maximum absolute atomic E-state index is 5.73. The number of benzene rings is 1. The highest BCUT2D eigenvalue weighted by Gasteiger charge is 2.02. The average molecular weight is 247 g/mol. The van der Waals surface area contributed by atoms with Gasteiger partial charge in [-0.3, -0.25) is 4.99 Å². The third-order valence-corrected chi connectivity index (χ3v) is 2.86. The zero-order chi connectivity index (χ0) is 12.6. The summed E-state index contributed by atoms with van der Waals surface area (Å²) in [6, 6.07) is 8.10. The average Bonchev–Trinajstić information content (AvgIpc) is 2.42. The van der Waals surface area contributed by atoms with Crippen LogP contribution in [0, 0.1) is 6.92 Å². The van der Waals surface area contributed by atoms with Crippen molar-refractivity contribution in [3.05, 3.63) is 29.8 Å². The van der Waals surface area contributed by atoms with Crippen molar-refractivity contribution < 1.29 is 4.74 Å². The largest absolute Gasteiger partial charge is 0.493 e. The van der Waals surface area contributed by atoms with Crippen LogP contribution in [0.1, 0.15) is 18.4 Å². The maximum Gasteiger partial charge on any atom is 0.191 e. The van der Waals surface area contributed by atoms with Gasteiger partial charge in [-0.1, -0.05) is 18.2 Å². The number of rotatable bonds is 5. The van der Waals surface area contributed by atoms with Gasteiger partial charge in [-0.05, 0) is 31.4 Å². The summed E-state index contributed by atoms with van der Waals surface area (Å²) in [4.78, 5) is 4.35. The van der Waals surface area contributed by atoms with Crippen molar-refractivity contribution >= 4 is 5.96 Å². The Kier molecular flexibility index (Phi) is 4.88. The molecule has 1 aliphatic heterocycles. The number of guanidine groups is 1. The monoisotopic (exact) mass is 247 g/mol. The third-order valence-electron chi connectivity index (χ3n) is 2.86. The summed E-state index contributed by atoms with van der Waals surface area (Å²) in [7, 11) is 0. The van der Waals surface area contributed by atoms with Crippen LogP contribution in [-0.2, 0) is 0 Å². The Hall–Kier alpha value is -1.71. The summed E-state index contributed by atoms with van der Waals surface area (Å²) in [5, 5.41) is 6.52. The molecule has 1 aromatic rings. The highest BCUT2D eigenvalue weighted by atomic mass is 16.5. The molecule has 0 fully saturated rings. The number of nitrogens with zero attached hydrogens (tertiary/aromatic N) is 1. The minimum atomic E-state index is 0.727. The summed E-state index contributed by atoms with van der Waals surface area (Å²) in [6.07, 6.45) is 2.09. The van der Waals surface area contributed by atoms with Crippen molar-refractivity contribution in [3.63, 3.8) is 0 Å². The Bertz CT molecular complexity index is 404. The quantitative estimate of drug-likeness (QED) is 0.779. The lowest BCUT2D eigenvalue weighted by atomic mass is 10.2. The minimum absolute atomic E-state index is 0.727. The van der Waals surface area contributed by atoms with Crippen molar-refractivity contribution in [1.29, 1.82) is 0 Å². The SMILES string of the molecule is Cc1ccccc1OCCCNC1=NCCCN1. The predicted octanol–water partition coefficient (Wildman–Crippen LogP) is 1.70. The Balaban J connectivity index is 1.61. The van der Waals surface area contributed by atoms with Crippen molar-refractivity contribution in [2.45, 2.75) is 19.8 Å². The Morgan fingerprint density at radius 2 is 2.28 bits per heavy atom. The molecule has 0 saturated carbocycles. The fourth-order valence-electron chi connectivity index (χ4n) is 1.83. The standard InChI is InChI=1S/C14H21N3O/c1-12-6-2-3-7-13(12)18-11-5-10-17-14-15-8-4-9-16-14/h2-3,6-7H,4-5,8-11H2,1H3,(H2,15,16,17). The topological polar surface area (TPSA) is 45.6 Å². The number of aryl methyl sites for hydroxylation is 1. The summed E-state index contributed by atoms with van der Waals surface area (Å²) >= 11 is 0. The molecule has 0 saturated heterocycles.